The van der Waals surface area contributed by atoms with Crippen LogP contribution in [-0.2, 0) is 9.59 Å². The zero-order valence-corrected chi connectivity index (χ0v) is 9.29. The average Bonchev–Trinajstić information content (AvgIpc) is 2.72. The number of carboxylic acids is 1. The quantitative estimate of drug-likeness (QED) is 0.827. The topological polar surface area (TPSA) is 79.7 Å². The number of aliphatic carboxylic acids is 1. The first-order valence-electron chi connectivity index (χ1n) is 5.16. The van der Waals surface area contributed by atoms with E-state index < -0.39 is 11.9 Å². The molecule has 1 N–H and O–H groups in total. The first-order valence-corrected chi connectivity index (χ1v) is 5.16. The van der Waals surface area contributed by atoms with Gasteiger partial charge in [0.1, 0.15) is 5.82 Å². The summed E-state index contributed by atoms with van der Waals surface area (Å²) in [5, 5.41) is 8.87. The van der Waals surface area contributed by atoms with Crippen molar-refractivity contribution < 1.29 is 19.4 Å². The Labute approximate surface area is 97.8 Å². The number of pyridine rings is 1. The Morgan fingerprint density at radius 1 is 1.59 bits per heavy atom. The molecule has 17 heavy (non-hydrogen) atoms. The minimum Gasteiger partial charge on any atom is -0.481 e. The molecule has 0 aromatic carbocycles. The molecule has 6 heteroatoms. The first-order chi connectivity index (χ1) is 8.11. The monoisotopic (exact) mass is 236 g/mol. The smallest absolute Gasteiger partial charge is 0.308 e. The van der Waals surface area contributed by atoms with Gasteiger partial charge in [-0.3, -0.25) is 14.5 Å². The molecule has 0 spiro atoms. The van der Waals surface area contributed by atoms with Crippen molar-refractivity contribution in [2.45, 2.75) is 6.42 Å². The van der Waals surface area contributed by atoms with Crippen LogP contribution in [0.1, 0.15) is 6.42 Å². The van der Waals surface area contributed by atoms with Crippen molar-refractivity contribution >= 4 is 17.7 Å². The molecule has 0 aliphatic carbocycles. The maximum Gasteiger partial charge on any atom is 0.308 e. The molecule has 1 amide bonds. The van der Waals surface area contributed by atoms with Crippen LogP contribution < -0.4 is 9.64 Å². The lowest BCUT2D eigenvalue weighted by atomic mass is 10.1. The van der Waals surface area contributed by atoms with Gasteiger partial charge >= 0.3 is 5.97 Å². The van der Waals surface area contributed by atoms with Crippen molar-refractivity contribution in [3.63, 3.8) is 0 Å². The second-order valence-corrected chi connectivity index (χ2v) is 3.78. The minimum absolute atomic E-state index is 0.0220. The summed E-state index contributed by atoms with van der Waals surface area (Å²) in [5.41, 5.74) is 0. The van der Waals surface area contributed by atoms with Gasteiger partial charge in [0, 0.05) is 19.0 Å². The summed E-state index contributed by atoms with van der Waals surface area (Å²) >= 11 is 0. The van der Waals surface area contributed by atoms with Gasteiger partial charge in [-0.1, -0.05) is 6.07 Å². The summed E-state index contributed by atoms with van der Waals surface area (Å²) in [6.45, 7) is 0.161. The van der Waals surface area contributed by atoms with Crippen LogP contribution in [0, 0.1) is 5.92 Å². The maximum atomic E-state index is 11.7. The summed E-state index contributed by atoms with van der Waals surface area (Å²) in [6.07, 6.45) is 0.0220. The minimum atomic E-state index is -0.955. The Hall–Kier alpha value is -2.11. The first kappa shape index (κ1) is 11.4. The van der Waals surface area contributed by atoms with Crippen molar-refractivity contribution in [3.05, 3.63) is 18.2 Å². The van der Waals surface area contributed by atoms with E-state index in [9.17, 15) is 9.59 Å². The Bertz CT molecular complexity index is 461. The van der Waals surface area contributed by atoms with Crippen molar-refractivity contribution in [3.8, 4) is 5.88 Å². The number of amides is 1. The fourth-order valence-electron chi connectivity index (χ4n) is 1.76. The molecule has 1 aromatic rings. The van der Waals surface area contributed by atoms with Gasteiger partial charge in [0.25, 0.3) is 0 Å². The summed E-state index contributed by atoms with van der Waals surface area (Å²) < 4.78 is 4.96. The molecule has 1 aromatic heterocycles. The van der Waals surface area contributed by atoms with Crippen molar-refractivity contribution in [1.29, 1.82) is 0 Å². The molecule has 0 radical (unpaired) electrons. The highest BCUT2D eigenvalue weighted by molar-refractivity contribution is 5.98. The molecule has 1 aliphatic rings. The molecule has 0 saturated carbocycles. The lowest BCUT2D eigenvalue weighted by molar-refractivity contribution is -0.141. The predicted molar refractivity (Wildman–Crippen MR) is 58.9 cm³/mol. The number of carbonyl (C=O) groups is 2. The van der Waals surface area contributed by atoms with E-state index in [4.69, 9.17) is 9.84 Å². The molecule has 1 unspecified atom stereocenters. The SMILES string of the molecule is COc1cccc(N2CC(C(=O)O)CC2=O)n1. The van der Waals surface area contributed by atoms with Gasteiger partial charge in [-0.05, 0) is 6.07 Å². The van der Waals surface area contributed by atoms with Gasteiger partial charge in [-0.15, -0.1) is 0 Å². The van der Waals surface area contributed by atoms with Gasteiger partial charge in [0.05, 0.1) is 13.0 Å². The van der Waals surface area contributed by atoms with E-state index in [2.05, 4.69) is 4.98 Å². The number of rotatable bonds is 3. The summed E-state index contributed by atoms with van der Waals surface area (Å²) in [7, 11) is 1.48. The molecule has 1 atom stereocenters. The molecule has 2 heterocycles. The van der Waals surface area contributed by atoms with Gasteiger partial charge < -0.3 is 9.84 Å². The van der Waals surface area contributed by atoms with Crippen LogP contribution in [0.25, 0.3) is 0 Å². The van der Waals surface area contributed by atoms with E-state index in [1.807, 2.05) is 0 Å². The van der Waals surface area contributed by atoms with Crippen LogP contribution in [0.5, 0.6) is 5.88 Å². The van der Waals surface area contributed by atoms with Gasteiger partial charge in [-0.2, -0.15) is 4.98 Å². The molecular formula is C11H12N2O4. The molecular weight excluding hydrogens is 224 g/mol. The maximum absolute atomic E-state index is 11.7. The third-order valence-electron chi connectivity index (χ3n) is 2.67. The number of hydrogen-bond donors (Lipinski definition) is 1. The van der Waals surface area contributed by atoms with E-state index in [1.54, 1.807) is 18.2 Å². The van der Waals surface area contributed by atoms with E-state index in [0.29, 0.717) is 11.7 Å². The van der Waals surface area contributed by atoms with Gasteiger partial charge in [-0.25, -0.2) is 0 Å². The van der Waals surface area contributed by atoms with Crippen LogP contribution in [-0.4, -0.2) is 35.6 Å². The Balaban J connectivity index is 2.22. The van der Waals surface area contributed by atoms with Crippen LogP contribution in [0.15, 0.2) is 18.2 Å². The second-order valence-electron chi connectivity index (χ2n) is 3.78. The number of ether oxygens (including phenoxy) is 1. The third kappa shape index (κ3) is 2.20. The molecule has 2 rings (SSSR count). The van der Waals surface area contributed by atoms with E-state index >= 15 is 0 Å². The lowest BCUT2D eigenvalue weighted by Crippen LogP contribution is -2.26. The fraction of sp³-hybridized carbons (Fsp3) is 0.364. The molecule has 1 saturated heterocycles. The van der Waals surface area contributed by atoms with E-state index in [1.165, 1.54) is 12.0 Å². The lowest BCUT2D eigenvalue weighted by Gasteiger charge is -2.15. The Kier molecular flexibility index (Phi) is 2.95. The number of anilines is 1. The number of hydrogen-bond acceptors (Lipinski definition) is 4. The number of aromatic nitrogens is 1. The van der Waals surface area contributed by atoms with Crippen LogP contribution in [0.2, 0.25) is 0 Å². The zero-order valence-electron chi connectivity index (χ0n) is 9.29. The summed E-state index contributed by atoms with van der Waals surface area (Å²) in [6, 6.07) is 5.03. The molecule has 0 bridgehead atoms. The van der Waals surface area contributed by atoms with Crippen LogP contribution >= 0.6 is 0 Å². The second kappa shape index (κ2) is 4.40. The molecule has 6 nitrogen and oxygen atoms in total. The summed E-state index contributed by atoms with van der Waals surface area (Å²) in [5.74, 6) is -1.01. The largest absolute Gasteiger partial charge is 0.481 e. The van der Waals surface area contributed by atoms with E-state index in [0.717, 1.165) is 0 Å². The van der Waals surface area contributed by atoms with Gasteiger partial charge in [0.2, 0.25) is 11.8 Å². The van der Waals surface area contributed by atoms with Crippen molar-refractivity contribution in [2.24, 2.45) is 5.92 Å². The van der Waals surface area contributed by atoms with Crippen LogP contribution in [0.4, 0.5) is 5.82 Å². The van der Waals surface area contributed by atoms with Crippen LogP contribution in [0.3, 0.4) is 0 Å². The predicted octanol–water partition coefficient (Wildman–Crippen LogP) is 0.528. The molecule has 1 fully saturated rings. The zero-order chi connectivity index (χ0) is 12.4. The molecule has 1 aliphatic heterocycles. The standard InChI is InChI=1S/C11H12N2O4/c1-17-9-4-2-3-8(12-9)13-6-7(11(15)16)5-10(13)14/h2-4,7H,5-6H2,1H3,(H,15,16). The Morgan fingerprint density at radius 2 is 2.35 bits per heavy atom. The number of carboxylic acid groups (broad SMARTS) is 1. The Morgan fingerprint density at radius 3 is 2.94 bits per heavy atom. The van der Waals surface area contributed by atoms with Crippen molar-refractivity contribution in [2.75, 3.05) is 18.6 Å². The highest BCUT2D eigenvalue weighted by Crippen LogP contribution is 2.24. The number of carbonyl (C=O) groups excluding carboxylic acids is 1. The highest BCUT2D eigenvalue weighted by Gasteiger charge is 2.35. The number of nitrogens with zero attached hydrogens (tertiary/aromatic N) is 2. The fourth-order valence-corrected chi connectivity index (χ4v) is 1.76. The van der Waals surface area contributed by atoms with Crippen molar-refractivity contribution in [1.82, 2.24) is 4.98 Å². The summed E-state index contributed by atoms with van der Waals surface area (Å²) in [4.78, 5) is 28.0. The highest BCUT2D eigenvalue weighted by atomic mass is 16.5. The van der Waals surface area contributed by atoms with E-state index in [-0.39, 0.29) is 18.9 Å². The molecule has 90 valence electrons. The number of methoxy groups -OCH3 is 1. The van der Waals surface area contributed by atoms with Gasteiger partial charge in [0.15, 0.2) is 0 Å². The normalized spacial score (nSPS) is 19.5. The third-order valence-corrected chi connectivity index (χ3v) is 2.67. The average molecular weight is 236 g/mol.